The van der Waals surface area contributed by atoms with Crippen LogP contribution in [0.25, 0.3) is 0 Å². The summed E-state index contributed by atoms with van der Waals surface area (Å²) in [6.07, 6.45) is 84.5. The maximum Gasteiger partial charge on any atom is 0.306 e. The average molecular weight is 1040 g/mol. The van der Waals surface area contributed by atoms with Gasteiger partial charge < -0.3 is 14.2 Å². The fraction of sp³-hybridized carbons (Fsp3) is 0.725. The molecule has 0 aliphatic carbocycles. The molecule has 0 spiro atoms. The minimum Gasteiger partial charge on any atom is -0.462 e. The number of esters is 3. The van der Waals surface area contributed by atoms with Gasteiger partial charge in [0.2, 0.25) is 0 Å². The molecule has 0 N–H and O–H groups in total. The topological polar surface area (TPSA) is 78.9 Å². The normalized spacial score (nSPS) is 12.7. The van der Waals surface area contributed by atoms with E-state index in [1.807, 2.05) is 0 Å². The summed E-state index contributed by atoms with van der Waals surface area (Å²) < 4.78 is 16.8. The summed E-state index contributed by atoms with van der Waals surface area (Å²) in [6, 6.07) is 0. The molecule has 0 saturated carbocycles. The highest BCUT2D eigenvalue weighted by atomic mass is 16.6. The lowest BCUT2D eigenvalue weighted by atomic mass is 10.0. The van der Waals surface area contributed by atoms with Gasteiger partial charge in [0, 0.05) is 19.3 Å². The quantitative estimate of drug-likeness (QED) is 0.0261. The van der Waals surface area contributed by atoms with Crippen LogP contribution >= 0.6 is 0 Å². The van der Waals surface area contributed by atoms with Crippen molar-refractivity contribution in [3.63, 3.8) is 0 Å². The smallest absolute Gasteiger partial charge is 0.306 e. The van der Waals surface area contributed by atoms with E-state index in [1.54, 1.807) is 0 Å². The van der Waals surface area contributed by atoms with Gasteiger partial charge in [-0.3, -0.25) is 14.4 Å². The highest BCUT2D eigenvalue weighted by Crippen LogP contribution is 2.16. The molecule has 0 aromatic rings. The first-order valence-corrected chi connectivity index (χ1v) is 31.7. The van der Waals surface area contributed by atoms with E-state index in [-0.39, 0.29) is 37.5 Å². The lowest BCUT2D eigenvalue weighted by Crippen LogP contribution is -2.30. The molecule has 0 heterocycles. The second-order valence-electron chi connectivity index (χ2n) is 20.9. The van der Waals surface area contributed by atoms with Gasteiger partial charge in [0.15, 0.2) is 6.10 Å². The van der Waals surface area contributed by atoms with Crippen LogP contribution in [0, 0.1) is 0 Å². The Labute approximate surface area is 464 Å². The fourth-order valence-electron chi connectivity index (χ4n) is 8.83. The first kappa shape index (κ1) is 71.3. The molecule has 0 amide bonds. The largest absolute Gasteiger partial charge is 0.462 e. The van der Waals surface area contributed by atoms with Crippen molar-refractivity contribution >= 4 is 17.9 Å². The van der Waals surface area contributed by atoms with Crippen molar-refractivity contribution in [2.45, 2.75) is 309 Å². The molecule has 0 radical (unpaired) electrons. The third kappa shape index (κ3) is 61.1. The van der Waals surface area contributed by atoms with Crippen LogP contribution in [-0.2, 0) is 28.6 Å². The number of unbranched alkanes of at least 4 members (excludes halogenated alkanes) is 30. The molecule has 1 unspecified atom stereocenters. The van der Waals surface area contributed by atoms with Crippen LogP contribution in [0.1, 0.15) is 303 Å². The van der Waals surface area contributed by atoms with Crippen LogP contribution in [0.15, 0.2) is 97.2 Å². The molecule has 430 valence electrons. The SMILES string of the molecule is CC/C=C\C/C=C\C/C=C\C/C=C\C/C=C\CCCCCC(=O)OC(COC(=O)CCCCCCCCC)COC(=O)CCCCCCCCCCCCCCCCCC/C=C\C/C=C\C/C=C\CCCCCCC. The zero-order chi connectivity index (χ0) is 54.3. The van der Waals surface area contributed by atoms with Crippen LogP contribution < -0.4 is 0 Å². The van der Waals surface area contributed by atoms with Crippen molar-refractivity contribution in [3.05, 3.63) is 97.2 Å². The van der Waals surface area contributed by atoms with Crippen LogP contribution in [0.3, 0.4) is 0 Å². The minimum absolute atomic E-state index is 0.0891. The van der Waals surface area contributed by atoms with Gasteiger partial charge in [-0.1, -0.05) is 279 Å². The zero-order valence-corrected chi connectivity index (χ0v) is 49.3. The zero-order valence-electron chi connectivity index (χ0n) is 49.3. The highest BCUT2D eigenvalue weighted by molar-refractivity contribution is 5.71. The van der Waals surface area contributed by atoms with E-state index in [9.17, 15) is 14.4 Å². The summed E-state index contributed by atoms with van der Waals surface area (Å²) in [7, 11) is 0. The summed E-state index contributed by atoms with van der Waals surface area (Å²) in [4.78, 5) is 38.0. The molecule has 0 fully saturated rings. The molecule has 0 aromatic carbocycles. The highest BCUT2D eigenvalue weighted by Gasteiger charge is 2.19. The molecular formula is C69H118O6. The monoisotopic (exact) mass is 1040 g/mol. The van der Waals surface area contributed by atoms with Crippen LogP contribution in [-0.4, -0.2) is 37.2 Å². The molecule has 1 atom stereocenters. The Kier molecular flexibility index (Phi) is 59.8. The van der Waals surface area contributed by atoms with E-state index >= 15 is 0 Å². The van der Waals surface area contributed by atoms with E-state index in [1.165, 1.54) is 154 Å². The molecular weight excluding hydrogens is 925 g/mol. The number of carbonyl (C=O) groups excluding carboxylic acids is 3. The second-order valence-corrected chi connectivity index (χ2v) is 20.9. The molecule has 0 rings (SSSR count). The van der Waals surface area contributed by atoms with Gasteiger partial charge in [-0.25, -0.2) is 0 Å². The summed E-state index contributed by atoms with van der Waals surface area (Å²) in [6.45, 7) is 6.46. The van der Waals surface area contributed by atoms with E-state index in [4.69, 9.17) is 14.2 Å². The minimum atomic E-state index is -0.792. The first-order valence-electron chi connectivity index (χ1n) is 31.7. The molecule has 0 saturated heterocycles. The Hall–Kier alpha value is -3.67. The summed E-state index contributed by atoms with van der Waals surface area (Å²) in [5.74, 6) is -0.922. The van der Waals surface area contributed by atoms with E-state index in [2.05, 4.69) is 118 Å². The third-order valence-corrected chi connectivity index (χ3v) is 13.6. The summed E-state index contributed by atoms with van der Waals surface area (Å²) in [5, 5.41) is 0. The molecule has 6 heteroatoms. The van der Waals surface area contributed by atoms with Gasteiger partial charge in [0.25, 0.3) is 0 Å². The number of carbonyl (C=O) groups is 3. The fourth-order valence-corrected chi connectivity index (χ4v) is 8.83. The van der Waals surface area contributed by atoms with Crippen molar-refractivity contribution in [3.8, 4) is 0 Å². The van der Waals surface area contributed by atoms with Crippen LogP contribution in [0.5, 0.6) is 0 Å². The molecule has 0 bridgehead atoms. The Morgan fingerprint density at radius 2 is 0.520 bits per heavy atom. The van der Waals surface area contributed by atoms with Crippen LogP contribution in [0.4, 0.5) is 0 Å². The Morgan fingerprint density at radius 1 is 0.280 bits per heavy atom. The first-order chi connectivity index (χ1) is 37.0. The van der Waals surface area contributed by atoms with Gasteiger partial charge in [0.1, 0.15) is 13.2 Å². The Balaban J connectivity index is 4.11. The molecule has 0 aromatic heterocycles. The number of ether oxygens (including phenoxy) is 3. The third-order valence-electron chi connectivity index (χ3n) is 13.6. The van der Waals surface area contributed by atoms with E-state index in [0.717, 1.165) is 109 Å². The van der Waals surface area contributed by atoms with Gasteiger partial charge in [-0.2, -0.15) is 0 Å². The van der Waals surface area contributed by atoms with Crippen molar-refractivity contribution in [1.82, 2.24) is 0 Å². The predicted molar refractivity (Wildman–Crippen MR) is 325 cm³/mol. The molecule has 0 aliphatic rings. The standard InChI is InChI=1S/C69H118O6/c1-4-7-10-13-16-18-20-22-24-26-28-29-30-31-32-33-34-35-36-37-38-39-41-42-44-46-48-50-53-56-59-62-68(71)74-65-66(64-73-67(70)61-58-55-52-15-12-9-6-3)75-69(72)63-60-57-54-51-49-47-45-43-40-27-25-23-21-19-17-14-11-8-5-2/h8,11,17,19-20,22-23,25-26,28,30-31,40,43,47,49,66H,4-7,9-10,12-16,18,21,24,27,29,32-39,41-42,44-46,48,50-65H2,1-3H3/b11-8-,19-17-,22-20-,25-23-,28-26-,31-30-,43-40-,49-47-. The molecule has 0 aliphatic heterocycles. The van der Waals surface area contributed by atoms with Crippen molar-refractivity contribution in [2.75, 3.05) is 13.2 Å². The lowest BCUT2D eigenvalue weighted by Gasteiger charge is -2.18. The number of hydrogen-bond donors (Lipinski definition) is 0. The van der Waals surface area contributed by atoms with Crippen molar-refractivity contribution in [1.29, 1.82) is 0 Å². The van der Waals surface area contributed by atoms with Gasteiger partial charge in [-0.15, -0.1) is 0 Å². The predicted octanol–water partition coefficient (Wildman–Crippen LogP) is 21.7. The maximum absolute atomic E-state index is 12.8. The van der Waals surface area contributed by atoms with Gasteiger partial charge >= 0.3 is 17.9 Å². The summed E-state index contributed by atoms with van der Waals surface area (Å²) in [5.41, 5.74) is 0. The lowest BCUT2D eigenvalue weighted by molar-refractivity contribution is -0.167. The Bertz CT molecular complexity index is 1480. The van der Waals surface area contributed by atoms with Crippen molar-refractivity contribution < 1.29 is 28.6 Å². The Morgan fingerprint density at radius 3 is 0.827 bits per heavy atom. The second kappa shape index (κ2) is 62.9. The van der Waals surface area contributed by atoms with Gasteiger partial charge in [0.05, 0.1) is 0 Å². The number of allylic oxidation sites excluding steroid dienone is 16. The van der Waals surface area contributed by atoms with E-state index in [0.29, 0.717) is 12.8 Å². The molecule has 75 heavy (non-hydrogen) atoms. The van der Waals surface area contributed by atoms with E-state index < -0.39 is 6.10 Å². The average Bonchev–Trinajstić information content (AvgIpc) is 3.41. The number of hydrogen-bond acceptors (Lipinski definition) is 6. The van der Waals surface area contributed by atoms with Crippen molar-refractivity contribution in [2.24, 2.45) is 0 Å². The summed E-state index contributed by atoms with van der Waals surface area (Å²) >= 11 is 0. The maximum atomic E-state index is 12.8. The van der Waals surface area contributed by atoms with Gasteiger partial charge in [-0.05, 0) is 103 Å². The molecule has 6 nitrogen and oxygen atoms in total. The van der Waals surface area contributed by atoms with Crippen LogP contribution in [0.2, 0.25) is 0 Å². The number of rotatable bonds is 57.